The van der Waals surface area contributed by atoms with Gasteiger partial charge < -0.3 is 0 Å². The second kappa shape index (κ2) is 4.27. The third-order valence-electron chi connectivity index (χ3n) is 2.50. The van der Waals surface area contributed by atoms with E-state index in [0.717, 1.165) is 11.1 Å². The van der Waals surface area contributed by atoms with Gasteiger partial charge in [-0.1, -0.05) is 29.8 Å². The van der Waals surface area contributed by atoms with Gasteiger partial charge in [-0.3, -0.25) is 9.78 Å². The van der Waals surface area contributed by atoms with Gasteiger partial charge in [-0.15, -0.1) is 0 Å². The van der Waals surface area contributed by atoms with Gasteiger partial charge in [0.05, 0.1) is 0 Å². The summed E-state index contributed by atoms with van der Waals surface area (Å²) in [4.78, 5) is 16.3. The number of ketones is 1. The Bertz CT molecular complexity index is 532. The number of benzene rings is 1. The minimum Gasteiger partial charge on any atom is -0.287 e. The van der Waals surface area contributed by atoms with E-state index in [0.29, 0.717) is 11.3 Å². The highest BCUT2D eigenvalue weighted by atomic mass is 16.1. The van der Waals surface area contributed by atoms with E-state index >= 15 is 0 Å². The summed E-state index contributed by atoms with van der Waals surface area (Å²) < 4.78 is 0. The lowest BCUT2D eigenvalue weighted by Gasteiger charge is -2.04. The molecule has 2 heteroatoms. The zero-order chi connectivity index (χ0) is 11.5. The molecule has 1 aromatic heterocycles. The molecule has 0 bridgehead atoms. The van der Waals surface area contributed by atoms with Crippen LogP contribution in [0, 0.1) is 13.8 Å². The zero-order valence-electron chi connectivity index (χ0n) is 9.40. The molecule has 1 heterocycles. The van der Waals surface area contributed by atoms with E-state index in [1.165, 1.54) is 0 Å². The summed E-state index contributed by atoms with van der Waals surface area (Å²) in [7, 11) is 0. The van der Waals surface area contributed by atoms with Crippen molar-refractivity contribution in [3.8, 4) is 0 Å². The van der Waals surface area contributed by atoms with E-state index in [-0.39, 0.29) is 5.78 Å². The Balaban J connectivity index is 2.44. The maximum atomic E-state index is 12.2. The van der Waals surface area contributed by atoms with E-state index in [2.05, 4.69) is 4.98 Å². The van der Waals surface area contributed by atoms with E-state index in [1.54, 1.807) is 6.20 Å². The quantitative estimate of drug-likeness (QED) is 0.715. The minimum absolute atomic E-state index is 0.0122. The highest BCUT2D eigenvalue weighted by Crippen LogP contribution is 2.12. The van der Waals surface area contributed by atoms with Gasteiger partial charge in [-0.25, -0.2) is 0 Å². The minimum atomic E-state index is -0.0122. The molecule has 0 N–H and O–H groups in total. The maximum Gasteiger partial charge on any atom is 0.211 e. The summed E-state index contributed by atoms with van der Waals surface area (Å²) in [6.45, 7) is 3.87. The van der Waals surface area contributed by atoms with Crippen LogP contribution in [0.2, 0.25) is 0 Å². The van der Waals surface area contributed by atoms with Gasteiger partial charge in [-0.2, -0.15) is 0 Å². The average molecular weight is 211 g/mol. The molecule has 1 aromatic carbocycles. The van der Waals surface area contributed by atoms with Crippen LogP contribution in [0.5, 0.6) is 0 Å². The molecule has 0 spiro atoms. The first-order valence-electron chi connectivity index (χ1n) is 5.21. The third-order valence-corrected chi connectivity index (χ3v) is 2.50. The molecule has 2 aromatic rings. The van der Waals surface area contributed by atoms with Gasteiger partial charge in [0.1, 0.15) is 5.69 Å². The van der Waals surface area contributed by atoms with Crippen LogP contribution >= 0.6 is 0 Å². The molecule has 0 radical (unpaired) electrons. The molecule has 0 aliphatic heterocycles. The van der Waals surface area contributed by atoms with Crippen molar-refractivity contribution in [2.45, 2.75) is 13.8 Å². The van der Waals surface area contributed by atoms with Crippen molar-refractivity contribution in [1.82, 2.24) is 4.98 Å². The van der Waals surface area contributed by atoms with Crippen molar-refractivity contribution in [1.29, 1.82) is 0 Å². The van der Waals surface area contributed by atoms with E-state index < -0.39 is 0 Å². The number of pyridine rings is 1. The van der Waals surface area contributed by atoms with E-state index in [4.69, 9.17) is 0 Å². The summed E-state index contributed by atoms with van der Waals surface area (Å²) in [5.41, 5.74) is 3.23. The van der Waals surface area contributed by atoms with Crippen molar-refractivity contribution in [3.63, 3.8) is 0 Å². The molecule has 2 nitrogen and oxygen atoms in total. The number of carbonyl (C=O) groups is 1. The number of hydrogen-bond acceptors (Lipinski definition) is 2. The van der Waals surface area contributed by atoms with E-state index in [1.807, 2.05) is 50.2 Å². The van der Waals surface area contributed by atoms with Crippen LogP contribution in [0.3, 0.4) is 0 Å². The lowest BCUT2D eigenvalue weighted by Crippen LogP contribution is -2.06. The van der Waals surface area contributed by atoms with Crippen LogP contribution in [0.25, 0.3) is 0 Å². The number of nitrogens with zero attached hydrogens (tertiary/aromatic N) is 1. The molecule has 0 saturated heterocycles. The van der Waals surface area contributed by atoms with Gasteiger partial charge in [0.2, 0.25) is 5.78 Å². The molecule has 80 valence electrons. The first kappa shape index (κ1) is 10.6. The topological polar surface area (TPSA) is 30.0 Å². The Morgan fingerprint density at radius 2 is 1.94 bits per heavy atom. The molecule has 0 saturated carbocycles. The maximum absolute atomic E-state index is 12.2. The first-order valence-corrected chi connectivity index (χ1v) is 5.21. The molecule has 0 amide bonds. The molecule has 0 unspecified atom stereocenters. The molecule has 2 rings (SSSR count). The van der Waals surface area contributed by atoms with Crippen molar-refractivity contribution < 1.29 is 4.79 Å². The Kier molecular flexibility index (Phi) is 2.82. The fraction of sp³-hybridized carbons (Fsp3) is 0.143. The highest BCUT2D eigenvalue weighted by Gasteiger charge is 2.12. The summed E-state index contributed by atoms with van der Waals surface area (Å²) in [6, 6.07) is 11.3. The standard InChI is InChI=1S/C14H13NO/c1-10-5-3-7-12(9-10)14(16)13-11(2)6-4-8-15-13/h3-9H,1-2H3. The van der Waals surface area contributed by atoms with Gasteiger partial charge in [0, 0.05) is 11.8 Å². The SMILES string of the molecule is Cc1cccc(C(=O)c2ncccc2C)c1. The number of rotatable bonds is 2. The summed E-state index contributed by atoms with van der Waals surface area (Å²) in [5, 5.41) is 0. The van der Waals surface area contributed by atoms with Crippen molar-refractivity contribution >= 4 is 5.78 Å². The lowest BCUT2D eigenvalue weighted by atomic mass is 10.0. The summed E-state index contributed by atoms with van der Waals surface area (Å²) >= 11 is 0. The Hall–Kier alpha value is -1.96. The second-order valence-corrected chi connectivity index (χ2v) is 3.87. The molecule has 0 aliphatic carbocycles. The fourth-order valence-electron chi connectivity index (χ4n) is 1.65. The van der Waals surface area contributed by atoms with E-state index in [9.17, 15) is 4.79 Å². The van der Waals surface area contributed by atoms with Crippen LogP contribution in [0.1, 0.15) is 27.2 Å². The zero-order valence-corrected chi connectivity index (χ0v) is 9.40. The molecule has 16 heavy (non-hydrogen) atoms. The van der Waals surface area contributed by atoms with Gasteiger partial charge in [-0.05, 0) is 31.5 Å². The summed E-state index contributed by atoms with van der Waals surface area (Å²) in [6.07, 6.45) is 1.65. The monoisotopic (exact) mass is 211 g/mol. The molecule has 0 aliphatic rings. The average Bonchev–Trinajstić information content (AvgIpc) is 2.29. The number of hydrogen-bond donors (Lipinski definition) is 0. The third kappa shape index (κ3) is 2.01. The normalized spacial score (nSPS) is 10.1. The molecular weight excluding hydrogens is 198 g/mol. The Labute approximate surface area is 95.0 Å². The first-order chi connectivity index (χ1) is 7.68. The predicted molar refractivity (Wildman–Crippen MR) is 63.6 cm³/mol. The second-order valence-electron chi connectivity index (χ2n) is 3.87. The Morgan fingerprint density at radius 1 is 1.12 bits per heavy atom. The smallest absolute Gasteiger partial charge is 0.211 e. The molecular formula is C14H13NO. The predicted octanol–water partition coefficient (Wildman–Crippen LogP) is 2.93. The van der Waals surface area contributed by atoms with Crippen LogP contribution in [-0.2, 0) is 0 Å². The van der Waals surface area contributed by atoms with Gasteiger partial charge >= 0.3 is 0 Å². The highest BCUT2D eigenvalue weighted by molar-refractivity contribution is 6.08. The van der Waals surface area contributed by atoms with Crippen molar-refractivity contribution in [2.24, 2.45) is 0 Å². The van der Waals surface area contributed by atoms with Crippen molar-refractivity contribution in [3.05, 3.63) is 65.0 Å². The number of aromatic nitrogens is 1. The molecule has 0 atom stereocenters. The Morgan fingerprint density at radius 3 is 2.62 bits per heavy atom. The van der Waals surface area contributed by atoms with Gasteiger partial charge in [0.25, 0.3) is 0 Å². The van der Waals surface area contributed by atoms with Crippen LogP contribution < -0.4 is 0 Å². The van der Waals surface area contributed by atoms with Crippen molar-refractivity contribution in [2.75, 3.05) is 0 Å². The number of aryl methyl sites for hydroxylation is 2. The van der Waals surface area contributed by atoms with Crippen LogP contribution in [-0.4, -0.2) is 10.8 Å². The van der Waals surface area contributed by atoms with Crippen LogP contribution in [0.4, 0.5) is 0 Å². The fourth-order valence-corrected chi connectivity index (χ4v) is 1.65. The molecule has 0 fully saturated rings. The van der Waals surface area contributed by atoms with Gasteiger partial charge in [0.15, 0.2) is 0 Å². The van der Waals surface area contributed by atoms with Crippen LogP contribution in [0.15, 0.2) is 42.6 Å². The summed E-state index contributed by atoms with van der Waals surface area (Å²) in [5.74, 6) is -0.0122. The largest absolute Gasteiger partial charge is 0.287 e. The lowest BCUT2D eigenvalue weighted by molar-refractivity contribution is 0.103. The number of carbonyl (C=O) groups excluding carboxylic acids is 1.